The van der Waals surface area contributed by atoms with Gasteiger partial charge in [-0.1, -0.05) is 34.1 Å². The van der Waals surface area contributed by atoms with E-state index in [2.05, 4.69) is 20.7 Å². The second-order valence-corrected chi connectivity index (χ2v) is 5.74. The SMILES string of the molecule is O=S(=O)(CCO)NCc1ccccc1Br. The molecule has 15 heavy (non-hydrogen) atoms. The highest BCUT2D eigenvalue weighted by Gasteiger charge is 2.09. The molecule has 1 rings (SSSR count). The molecule has 0 fully saturated rings. The molecule has 0 unspecified atom stereocenters. The predicted octanol–water partition coefficient (Wildman–Crippen LogP) is 0.861. The number of aliphatic hydroxyl groups is 1. The first kappa shape index (κ1) is 12.6. The lowest BCUT2D eigenvalue weighted by Crippen LogP contribution is -2.27. The van der Waals surface area contributed by atoms with Gasteiger partial charge in [-0.3, -0.25) is 0 Å². The van der Waals surface area contributed by atoms with Crippen LogP contribution in [0.2, 0.25) is 0 Å². The van der Waals surface area contributed by atoms with Crippen molar-refractivity contribution in [1.82, 2.24) is 4.72 Å². The minimum absolute atomic E-state index is 0.226. The fraction of sp³-hybridized carbons (Fsp3) is 0.333. The molecule has 0 aliphatic carbocycles. The number of rotatable bonds is 5. The fourth-order valence-electron chi connectivity index (χ4n) is 1.02. The van der Waals surface area contributed by atoms with Crippen LogP contribution in [0.5, 0.6) is 0 Å². The summed E-state index contributed by atoms with van der Waals surface area (Å²) in [6.45, 7) is -0.144. The average molecular weight is 294 g/mol. The fourth-order valence-corrected chi connectivity index (χ4v) is 2.21. The van der Waals surface area contributed by atoms with Crippen molar-refractivity contribution in [3.8, 4) is 0 Å². The molecular weight excluding hydrogens is 282 g/mol. The van der Waals surface area contributed by atoms with Gasteiger partial charge < -0.3 is 5.11 Å². The van der Waals surface area contributed by atoms with Crippen molar-refractivity contribution in [3.05, 3.63) is 34.3 Å². The number of nitrogens with one attached hydrogen (secondary N) is 1. The van der Waals surface area contributed by atoms with Crippen molar-refractivity contribution in [1.29, 1.82) is 0 Å². The molecular formula is C9H12BrNO3S. The molecule has 6 heteroatoms. The molecule has 0 heterocycles. The highest BCUT2D eigenvalue weighted by molar-refractivity contribution is 9.10. The molecule has 0 bridgehead atoms. The maximum Gasteiger partial charge on any atom is 0.214 e. The molecule has 84 valence electrons. The van der Waals surface area contributed by atoms with Gasteiger partial charge in [0.25, 0.3) is 0 Å². The highest BCUT2D eigenvalue weighted by atomic mass is 79.9. The lowest BCUT2D eigenvalue weighted by atomic mass is 10.2. The van der Waals surface area contributed by atoms with Crippen molar-refractivity contribution in [2.75, 3.05) is 12.4 Å². The van der Waals surface area contributed by atoms with Crippen LogP contribution in [0.25, 0.3) is 0 Å². The minimum atomic E-state index is -3.37. The van der Waals surface area contributed by atoms with E-state index in [1.807, 2.05) is 24.3 Å². The van der Waals surface area contributed by atoms with Gasteiger partial charge in [-0.25, -0.2) is 13.1 Å². The summed E-state index contributed by atoms with van der Waals surface area (Å²) in [7, 11) is -3.37. The molecule has 0 aromatic heterocycles. The summed E-state index contributed by atoms with van der Waals surface area (Å²) in [5, 5.41) is 8.53. The van der Waals surface area contributed by atoms with Crippen molar-refractivity contribution in [2.24, 2.45) is 0 Å². The third kappa shape index (κ3) is 4.29. The molecule has 0 atom stereocenters. The van der Waals surface area contributed by atoms with Gasteiger partial charge in [0.2, 0.25) is 10.0 Å². The summed E-state index contributed by atoms with van der Waals surface area (Å²) in [6.07, 6.45) is 0. The monoisotopic (exact) mass is 293 g/mol. The van der Waals surface area contributed by atoms with Crippen molar-refractivity contribution >= 4 is 26.0 Å². The molecule has 1 aromatic carbocycles. The van der Waals surface area contributed by atoms with E-state index in [4.69, 9.17) is 5.11 Å². The van der Waals surface area contributed by atoms with E-state index in [0.29, 0.717) is 0 Å². The molecule has 0 aliphatic heterocycles. The zero-order chi connectivity index (χ0) is 11.3. The summed E-state index contributed by atoms with van der Waals surface area (Å²) in [5.41, 5.74) is 0.860. The van der Waals surface area contributed by atoms with Crippen LogP contribution in [0.3, 0.4) is 0 Å². The molecule has 0 aliphatic rings. The van der Waals surface area contributed by atoms with E-state index < -0.39 is 10.0 Å². The first-order valence-electron chi connectivity index (χ1n) is 4.37. The number of hydrogen-bond acceptors (Lipinski definition) is 3. The zero-order valence-corrected chi connectivity index (χ0v) is 10.4. The second-order valence-electron chi connectivity index (χ2n) is 2.96. The number of aliphatic hydroxyl groups excluding tert-OH is 1. The van der Waals surface area contributed by atoms with Crippen LogP contribution >= 0.6 is 15.9 Å². The maximum atomic E-state index is 11.2. The van der Waals surface area contributed by atoms with Gasteiger partial charge >= 0.3 is 0 Å². The zero-order valence-electron chi connectivity index (χ0n) is 7.98. The molecule has 0 saturated heterocycles. The van der Waals surface area contributed by atoms with Gasteiger partial charge in [0.15, 0.2) is 0 Å². The standard InChI is InChI=1S/C9H12BrNO3S/c10-9-4-2-1-3-8(9)7-11-15(13,14)6-5-12/h1-4,11-12H,5-7H2. The molecule has 0 amide bonds. The normalized spacial score (nSPS) is 11.6. The smallest absolute Gasteiger partial charge is 0.214 e. The Morgan fingerprint density at radius 3 is 2.60 bits per heavy atom. The Bertz CT molecular complexity index is 419. The number of benzene rings is 1. The van der Waals surface area contributed by atoms with E-state index in [-0.39, 0.29) is 18.9 Å². The van der Waals surface area contributed by atoms with Gasteiger partial charge in [0, 0.05) is 11.0 Å². The van der Waals surface area contributed by atoms with Gasteiger partial charge in [0.05, 0.1) is 12.4 Å². The van der Waals surface area contributed by atoms with Crippen LogP contribution in [0.15, 0.2) is 28.7 Å². The van der Waals surface area contributed by atoms with Crippen molar-refractivity contribution in [3.63, 3.8) is 0 Å². The lowest BCUT2D eigenvalue weighted by molar-refractivity contribution is 0.319. The van der Waals surface area contributed by atoms with Crippen LogP contribution < -0.4 is 4.72 Å². The third-order valence-corrected chi connectivity index (χ3v) is 3.88. The Hall–Kier alpha value is -0.430. The Balaban J connectivity index is 2.62. The molecule has 4 nitrogen and oxygen atoms in total. The van der Waals surface area contributed by atoms with Crippen molar-refractivity contribution in [2.45, 2.75) is 6.54 Å². The third-order valence-electron chi connectivity index (χ3n) is 1.80. The summed E-state index contributed by atoms with van der Waals surface area (Å²) >= 11 is 3.32. The Labute approximate surface area is 97.5 Å². The summed E-state index contributed by atoms with van der Waals surface area (Å²) in [6, 6.07) is 7.36. The van der Waals surface area contributed by atoms with E-state index >= 15 is 0 Å². The van der Waals surface area contributed by atoms with Gasteiger partial charge in [-0.2, -0.15) is 0 Å². The Morgan fingerprint density at radius 1 is 1.33 bits per heavy atom. The van der Waals surface area contributed by atoms with Crippen LogP contribution in [0, 0.1) is 0 Å². The second kappa shape index (κ2) is 5.60. The number of halogens is 1. The largest absolute Gasteiger partial charge is 0.395 e. The van der Waals surface area contributed by atoms with Gasteiger partial charge in [-0.05, 0) is 11.6 Å². The Morgan fingerprint density at radius 2 is 2.00 bits per heavy atom. The molecule has 2 N–H and O–H groups in total. The summed E-state index contributed by atoms with van der Waals surface area (Å²) in [5.74, 6) is -0.266. The summed E-state index contributed by atoms with van der Waals surface area (Å²) < 4.78 is 25.7. The van der Waals surface area contributed by atoms with Crippen LogP contribution in [-0.4, -0.2) is 25.9 Å². The molecule has 0 spiro atoms. The minimum Gasteiger partial charge on any atom is -0.395 e. The predicted molar refractivity (Wildman–Crippen MR) is 61.9 cm³/mol. The number of hydrogen-bond donors (Lipinski definition) is 2. The van der Waals surface area contributed by atoms with Gasteiger partial charge in [0.1, 0.15) is 0 Å². The van der Waals surface area contributed by atoms with E-state index in [1.165, 1.54) is 0 Å². The average Bonchev–Trinajstić information content (AvgIpc) is 2.16. The maximum absolute atomic E-state index is 11.2. The molecule has 0 saturated carbocycles. The van der Waals surface area contributed by atoms with E-state index in [1.54, 1.807) is 0 Å². The van der Waals surface area contributed by atoms with E-state index in [9.17, 15) is 8.42 Å². The molecule has 0 radical (unpaired) electrons. The lowest BCUT2D eigenvalue weighted by Gasteiger charge is -2.06. The first-order chi connectivity index (χ1) is 7.05. The van der Waals surface area contributed by atoms with Gasteiger partial charge in [-0.15, -0.1) is 0 Å². The van der Waals surface area contributed by atoms with Crippen LogP contribution in [0.4, 0.5) is 0 Å². The number of sulfonamides is 1. The van der Waals surface area contributed by atoms with Crippen molar-refractivity contribution < 1.29 is 13.5 Å². The highest BCUT2D eigenvalue weighted by Crippen LogP contribution is 2.15. The van der Waals surface area contributed by atoms with E-state index in [0.717, 1.165) is 10.0 Å². The molecule has 1 aromatic rings. The van der Waals surface area contributed by atoms with Crippen LogP contribution in [-0.2, 0) is 16.6 Å². The Kier molecular flexibility index (Phi) is 4.72. The first-order valence-corrected chi connectivity index (χ1v) is 6.81. The quantitative estimate of drug-likeness (QED) is 0.846. The topological polar surface area (TPSA) is 66.4 Å². The summed E-state index contributed by atoms with van der Waals surface area (Å²) in [4.78, 5) is 0. The van der Waals surface area contributed by atoms with Crippen LogP contribution in [0.1, 0.15) is 5.56 Å².